The summed E-state index contributed by atoms with van der Waals surface area (Å²) < 4.78 is 68.6. The van der Waals surface area contributed by atoms with Crippen molar-refractivity contribution in [3.05, 3.63) is 35.4 Å². The zero-order valence-electron chi connectivity index (χ0n) is 10.6. The van der Waals surface area contributed by atoms with Gasteiger partial charge in [-0.15, -0.1) is 0 Å². The van der Waals surface area contributed by atoms with E-state index in [1.165, 1.54) is 14.1 Å². The molecular formula is C12H11F5N2O. The van der Waals surface area contributed by atoms with Crippen LogP contribution in [0.1, 0.15) is 11.1 Å². The van der Waals surface area contributed by atoms with Crippen molar-refractivity contribution in [2.24, 2.45) is 4.99 Å². The normalized spacial score (nSPS) is 21.8. The molecule has 0 radical (unpaired) electrons. The summed E-state index contributed by atoms with van der Waals surface area (Å²) in [5, 5.41) is 0. The quantitative estimate of drug-likeness (QED) is 0.783. The third-order valence-corrected chi connectivity index (χ3v) is 2.72. The molecule has 3 nitrogen and oxygen atoms in total. The van der Waals surface area contributed by atoms with Crippen LogP contribution in [-0.2, 0) is 10.9 Å². The topological polar surface area (TPSA) is 24.8 Å². The predicted octanol–water partition coefficient (Wildman–Crippen LogP) is 2.96. The first-order chi connectivity index (χ1) is 9.11. The highest BCUT2D eigenvalue weighted by atomic mass is 19.4. The lowest BCUT2D eigenvalue weighted by Crippen LogP contribution is -2.40. The highest BCUT2D eigenvalue weighted by Crippen LogP contribution is 2.33. The molecule has 20 heavy (non-hydrogen) atoms. The molecule has 1 aromatic rings. The highest BCUT2D eigenvalue weighted by molar-refractivity contribution is 5.95. The Balaban J connectivity index is 2.27. The summed E-state index contributed by atoms with van der Waals surface area (Å²) in [7, 11) is 2.81. The van der Waals surface area contributed by atoms with E-state index in [0.29, 0.717) is 0 Å². The van der Waals surface area contributed by atoms with Crippen molar-refractivity contribution in [2.75, 3.05) is 14.1 Å². The molecule has 0 aliphatic carbocycles. The van der Waals surface area contributed by atoms with Gasteiger partial charge < -0.3 is 4.74 Å². The van der Waals surface area contributed by atoms with Crippen LogP contribution in [0.5, 0.6) is 0 Å². The molecule has 1 aromatic carbocycles. The van der Waals surface area contributed by atoms with E-state index in [9.17, 15) is 22.0 Å². The van der Waals surface area contributed by atoms with Crippen molar-refractivity contribution in [3.8, 4) is 0 Å². The van der Waals surface area contributed by atoms with E-state index in [-0.39, 0.29) is 11.5 Å². The maximum Gasteiger partial charge on any atom is 0.436 e. The smallest absolute Gasteiger partial charge is 0.412 e. The molecule has 1 aliphatic rings. The van der Waals surface area contributed by atoms with Crippen LogP contribution in [0.25, 0.3) is 0 Å². The summed E-state index contributed by atoms with van der Waals surface area (Å²) in [4.78, 5) is 4.86. The molecule has 0 aromatic heterocycles. The number of alkyl halides is 5. The molecule has 0 N–H and O–H groups in total. The minimum absolute atomic E-state index is 0.0713. The summed E-state index contributed by atoms with van der Waals surface area (Å²) in [5.74, 6) is -0.373. The minimum atomic E-state index is -4.48. The Labute approximate surface area is 111 Å². The SMILES string of the molecule is CN(C)C1N=C(c2ccc(C(F)(F)F)cc2)OC1(F)F. The fourth-order valence-corrected chi connectivity index (χ4v) is 1.75. The summed E-state index contributed by atoms with van der Waals surface area (Å²) in [6.07, 6.45) is -9.49. The molecule has 0 saturated heterocycles. The van der Waals surface area contributed by atoms with Crippen LogP contribution in [-0.4, -0.2) is 37.2 Å². The molecule has 0 bridgehead atoms. The maximum absolute atomic E-state index is 13.5. The Morgan fingerprint density at radius 3 is 2.10 bits per heavy atom. The van der Waals surface area contributed by atoms with Gasteiger partial charge in [-0.3, -0.25) is 4.90 Å². The van der Waals surface area contributed by atoms with Crippen LogP contribution in [0.2, 0.25) is 0 Å². The van der Waals surface area contributed by atoms with Crippen molar-refractivity contribution >= 4 is 5.90 Å². The van der Waals surface area contributed by atoms with Gasteiger partial charge in [0.1, 0.15) is 0 Å². The molecule has 1 aliphatic heterocycles. The number of rotatable bonds is 2. The second-order valence-electron chi connectivity index (χ2n) is 4.51. The molecule has 0 saturated carbocycles. The molecule has 1 heterocycles. The Bertz CT molecular complexity index is 522. The van der Waals surface area contributed by atoms with Crippen molar-refractivity contribution < 1.29 is 26.7 Å². The van der Waals surface area contributed by atoms with Crippen LogP contribution < -0.4 is 0 Å². The number of halogens is 5. The number of hydrogen-bond acceptors (Lipinski definition) is 3. The molecule has 0 fully saturated rings. The predicted molar refractivity (Wildman–Crippen MR) is 61.5 cm³/mol. The number of aliphatic imine (C=N–C) groups is 1. The zero-order valence-corrected chi connectivity index (χ0v) is 10.6. The van der Waals surface area contributed by atoms with Crippen molar-refractivity contribution in [1.29, 1.82) is 0 Å². The van der Waals surface area contributed by atoms with Crippen LogP contribution >= 0.6 is 0 Å². The van der Waals surface area contributed by atoms with Gasteiger partial charge in [0.05, 0.1) is 5.56 Å². The summed E-state index contributed by atoms with van der Waals surface area (Å²) >= 11 is 0. The first-order valence-electron chi connectivity index (χ1n) is 5.60. The number of ether oxygens (including phenoxy) is 1. The van der Waals surface area contributed by atoms with Gasteiger partial charge in [-0.2, -0.15) is 22.0 Å². The zero-order chi connectivity index (χ0) is 15.1. The van der Waals surface area contributed by atoms with Gasteiger partial charge in [-0.1, -0.05) is 0 Å². The highest BCUT2D eigenvalue weighted by Gasteiger charge is 2.50. The fourth-order valence-electron chi connectivity index (χ4n) is 1.75. The van der Waals surface area contributed by atoms with Crippen LogP contribution in [0.15, 0.2) is 29.3 Å². The number of benzene rings is 1. The molecule has 1 unspecified atom stereocenters. The van der Waals surface area contributed by atoms with Gasteiger partial charge in [0.25, 0.3) is 0 Å². The maximum atomic E-state index is 13.5. The fraction of sp³-hybridized carbons (Fsp3) is 0.417. The van der Waals surface area contributed by atoms with E-state index in [2.05, 4.69) is 9.73 Å². The van der Waals surface area contributed by atoms with Crippen LogP contribution in [0, 0.1) is 0 Å². The Hall–Kier alpha value is -1.70. The molecule has 110 valence electrons. The molecule has 2 rings (SSSR count). The average molecular weight is 294 g/mol. The minimum Gasteiger partial charge on any atom is -0.412 e. The molecule has 0 amide bonds. The Morgan fingerprint density at radius 1 is 1.15 bits per heavy atom. The van der Waals surface area contributed by atoms with Crippen molar-refractivity contribution in [2.45, 2.75) is 18.5 Å². The van der Waals surface area contributed by atoms with E-state index < -0.39 is 24.0 Å². The van der Waals surface area contributed by atoms with Crippen LogP contribution in [0.3, 0.4) is 0 Å². The van der Waals surface area contributed by atoms with Crippen molar-refractivity contribution in [1.82, 2.24) is 4.90 Å². The Kier molecular flexibility index (Phi) is 3.45. The third kappa shape index (κ3) is 2.74. The Morgan fingerprint density at radius 2 is 1.70 bits per heavy atom. The van der Waals surface area contributed by atoms with E-state index >= 15 is 0 Å². The van der Waals surface area contributed by atoms with Gasteiger partial charge >= 0.3 is 12.3 Å². The van der Waals surface area contributed by atoms with Crippen molar-refractivity contribution in [3.63, 3.8) is 0 Å². The van der Waals surface area contributed by atoms with Gasteiger partial charge in [-0.25, -0.2) is 4.99 Å². The molecule has 8 heteroatoms. The number of nitrogens with zero attached hydrogens (tertiary/aromatic N) is 2. The summed E-state index contributed by atoms with van der Waals surface area (Å²) in [6, 6.07) is 3.69. The lowest BCUT2D eigenvalue weighted by Gasteiger charge is -2.21. The second-order valence-corrected chi connectivity index (χ2v) is 4.51. The molecule has 0 spiro atoms. The monoisotopic (exact) mass is 294 g/mol. The molecule has 1 atom stereocenters. The lowest BCUT2D eigenvalue weighted by atomic mass is 10.1. The first-order valence-corrected chi connectivity index (χ1v) is 5.60. The van der Waals surface area contributed by atoms with Crippen LogP contribution in [0.4, 0.5) is 22.0 Å². The van der Waals surface area contributed by atoms with Gasteiger partial charge in [0, 0.05) is 5.56 Å². The molecular weight excluding hydrogens is 283 g/mol. The largest absolute Gasteiger partial charge is 0.436 e. The average Bonchev–Trinajstić information content (AvgIpc) is 2.64. The number of hydrogen-bond donors (Lipinski definition) is 0. The number of likely N-dealkylation sites (N-methyl/N-ethyl adjacent to an activating group) is 1. The van der Waals surface area contributed by atoms with E-state index in [0.717, 1.165) is 29.2 Å². The van der Waals surface area contributed by atoms with Gasteiger partial charge in [-0.05, 0) is 38.4 Å². The lowest BCUT2D eigenvalue weighted by molar-refractivity contribution is -0.207. The van der Waals surface area contributed by atoms with E-state index in [4.69, 9.17) is 0 Å². The van der Waals surface area contributed by atoms with Gasteiger partial charge in [0.15, 0.2) is 0 Å². The summed E-state index contributed by atoms with van der Waals surface area (Å²) in [5.41, 5.74) is -0.794. The third-order valence-electron chi connectivity index (χ3n) is 2.72. The van der Waals surface area contributed by atoms with Gasteiger partial charge in [0.2, 0.25) is 12.1 Å². The van der Waals surface area contributed by atoms with E-state index in [1.54, 1.807) is 0 Å². The standard InChI is InChI=1S/C12H11F5N2O/c1-19(2)10-12(16,17)20-9(18-10)7-3-5-8(6-4-7)11(13,14)15/h3-6,10H,1-2H3. The second kappa shape index (κ2) is 4.69. The first kappa shape index (κ1) is 14.7. The summed E-state index contributed by atoms with van der Waals surface area (Å²) in [6.45, 7) is 0. The van der Waals surface area contributed by atoms with E-state index in [1.807, 2.05) is 0 Å².